The molecule has 0 aliphatic carbocycles. The highest BCUT2D eigenvalue weighted by Gasteiger charge is 2.19. The molecule has 0 saturated heterocycles. The molecule has 0 amide bonds. The third-order valence-corrected chi connectivity index (χ3v) is 5.25. The van der Waals surface area contributed by atoms with Crippen molar-refractivity contribution in [1.82, 2.24) is 20.0 Å². The molecule has 0 radical (unpaired) electrons. The topological polar surface area (TPSA) is 88.1 Å². The van der Waals surface area contributed by atoms with E-state index in [0.29, 0.717) is 21.5 Å². The lowest BCUT2D eigenvalue weighted by Crippen LogP contribution is -2.02. The van der Waals surface area contributed by atoms with E-state index in [4.69, 9.17) is 26.8 Å². The maximum atomic E-state index is 6.26. The quantitative estimate of drug-likeness (QED) is 0.561. The SMILES string of the molecule is Nc1c(-c2nc(-c3ccc4c(c3)OCO4)cs2)nnn1-c1ccc(Cl)cc1. The third kappa shape index (κ3) is 2.79. The number of halogens is 1. The molecular weight excluding hydrogens is 386 g/mol. The number of ether oxygens (including phenoxy) is 2. The highest BCUT2D eigenvalue weighted by Crippen LogP contribution is 2.37. The van der Waals surface area contributed by atoms with E-state index in [2.05, 4.69) is 15.3 Å². The molecule has 0 saturated carbocycles. The van der Waals surface area contributed by atoms with Gasteiger partial charge in [-0.1, -0.05) is 16.8 Å². The van der Waals surface area contributed by atoms with Crippen LogP contribution in [0, 0.1) is 0 Å². The van der Waals surface area contributed by atoms with E-state index in [0.717, 1.165) is 28.4 Å². The van der Waals surface area contributed by atoms with Crippen molar-refractivity contribution in [3.05, 3.63) is 52.9 Å². The van der Waals surface area contributed by atoms with Crippen molar-refractivity contribution in [2.45, 2.75) is 0 Å². The van der Waals surface area contributed by atoms with E-state index in [1.165, 1.54) is 11.3 Å². The van der Waals surface area contributed by atoms with E-state index >= 15 is 0 Å². The maximum absolute atomic E-state index is 6.26. The summed E-state index contributed by atoms with van der Waals surface area (Å²) in [5, 5.41) is 11.6. The molecule has 5 rings (SSSR count). The standard InChI is InChI=1S/C18H12ClN5O2S/c19-11-2-4-12(5-3-11)24-17(20)16(22-23-24)18-21-13(8-27-18)10-1-6-14-15(7-10)26-9-25-14/h1-8H,9,20H2. The van der Waals surface area contributed by atoms with E-state index < -0.39 is 0 Å². The van der Waals surface area contributed by atoms with Gasteiger partial charge in [0.1, 0.15) is 5.01 Å². The van der Waals surface area contributed by atoms with Gasteiger partial charge in [-0.2, -0.15) is 4.68 Å². The van der Waals surface area contributed by atoms with Crippen molar-refractivity contribution in [3.63, 3.8) is 0 Å². The number of hydrogen-bond donors (Lipinski definition) is 1. The van der Waals surface area contributed by atoms with Crippen molar-refractivity contribution in [2.75, 3.05) is 12.5 Å². The van der Waals surface area contributed by atoms with Gasteiger partial charge in [-0.3, -0.25) is 0 Å². The Kier molecular flexibility index (Phi) is 3.73. The summed E-state index contributed by atoms with van der Waals surface area (Å²) in [6.07, 6.45) is 0. The number of hydrogen-bond acceptors (Lipinski definition) is 7. The van der Waals surface area contributed by atoms with Gasteiger partial charge in [0.15, 0.2) is 23.0 Å². The van der Waals surface area contributed by atoms with Crippen LogP contribution in [-0.2, 0) is 0 Å². The highest BCUT2D eigenvalue weighted by atomic mass is 35.5. The zero-order valence-corrected chi connectivity index (χ0v) is 15.4. The number of thiazole rings is 1. The fraction of sp³-hybridized carbons (Fsp3) is 0.0556. The Labute approximate surface area is 162 Å². The monoisotopic (exact) mass is 397 g/mol. The van der Waals surface area contributed by atoms with Crippen LogP contribution in [-0.4, -0.2) is 26.8 Å². The minimum absolute atomic E-state index is 0.242. The number of aromatic nitrogens is 4. The van der Waals surface area contributed by atoms with Crippen molar-refractivity contribution >= 4 is 28.8 Å². The van der Waals surface area contributed by atoms with Gasteiger partial charge in [-0.05, 0) is 42.5 Å². The predicted octanol–water partition coefficient (Wildman–Crippen LogP) is 4.02. The van der Waals surface area contributed by atoms with Crippen molar-refractivity contribution in [2.24, 2.45) is 0 Å². The Morgan fingerprint density at radius 2 is 1.89 bits per heavy atom. The molecule has 2 aromatic heterocycles. The van der Waals surface area contributed by atoms with Crippen molar-refractivity contribution in [1.29, 1.82) is 0 Å². The normalized spacial score (nSPS) is 12.5. The molecule has 134 valence electrons. The van der Waals surface area contributed by atoms with Gasteiger partial charge in [0, 0.05) is 16.0 Å². The smallest absolute Gasteiger partial charge is 0.231 e. The van der Waals surface area contributed by atoms with Gasteiger partial charge in [0.05, 0.1) is 11.4 Å². The van der Waals surface area contributed by atoms with Crippen LogP contribution in [0.3, 0.4) is 0 Å². The molecule has 0 unspecified atom stereocenters. The molecule has 2 N–H and O–H groups in total. The second kappa shape index (κ2) is 6.26. The van der Waals surface area contributed by atoms with Gasteiger partial charge in [-0.15, -0.1) is 16.4 Å². The summed E-state index contributed by atoms with van der Waals surface area (Å²) in [7, 11) is 0. The van der Waals surface area contributed by atoms with E-state index in [9.17, 15) is 0 Å². The Bertz CT molecular complexity index is 1140. The molecule has 0 fully saturated rings. The molecular formula is C18H12ClN5O2S. The molecule has 0 atom stereocenters. The number of benzene rings is 2. The van der Waals surface area contributed by atoms with Crippen LogP contribution in [0.2, 0.25) is 5.02 Å². The molecule has 27 heavy (non-hydrogen) atoms. The molecule has 2 aromatic carbocycles. The lowest BCUT2D eigenvalue weighted by molar-refractivity contribution is 0.174. The number of nitrogens with two attached hydrogens (primary N) is 1. The summed E-state index contributed by atoms with van der Waals surface area (Å²) >= 11 is 7.39. The fourth-order valence-electron chi connectivity index (χ4n) is 2.79. The van der Waals surface area contributed by atoms with Gasteiger partial charge in [-0.25, -0.2) is 4.98 Å². The lowest BCUT2D eigenvalue weighted by atomic mass is 10.1. The zero-order chi connectivity index (χ0) is 18.4. The summed E-state index contributed by atoms with van der Waals surface area (Å²) in [6.45, 7) is 0.242. The number of rotatable bonds is 3. The van der Waals surface area contributed by atoms with Gasteiger partial charge >= 0.3 is 0 Å². The Balaban J connectivity index is 1.49. The van der Waals surface area contributed by atoms with Gasteiger partial charge in [0.25, 0.3) is 0 Å². The van der Waals surface area contributed by atoms with E-state index in [-0.39, 0.29) is 6.79 Å². The molecule has 3 heterocycles. The van der Waals surface area contributed by atoms with Crippen LogP contribution in [0.15, 0.2) is 47.8 Å². The molecule has 0 bridgehead atoms. The predicted molar refractivity (Wildman–Crippen MR) is 103 cm³/mol. The first-order valence-electron chi connectivity index (χ1n) is 8.02. The van der Waals surface area contributed by atoms with Crippen LogP contribution in [0.1, 0.15) is 0 Å². The Morgan fingerprint density at radius 3 is 2.74 bits per heavy atom. The van der Waals surface area contributed by atoms with Crippen LogP contribution >= 0.6 is 22.9 Å². The number of nitrogen functional groups attached to an aromatic ring is 1. The molecule has 1 aliphatic rings. The highest BCUT2D eigenvalue weighted by molar-refractivity contribution is 7.13. The molecule has 1 aliphatic heterocycles. The van der Waals surface area contributed by atoms with E-state index in [1.807, 2.05) is 35.7 Å². The van der Waals surface area contributed by atoms with Crippen LogP contribution in [0.25, 0.3) is 27.6 Å². The van der Waals surface area contributed by atoms with Crippen LogP contribution < -0.4 is 15.2 Å². The van der Waals surface area contributed by atoms with Crippen LogP contribution in [0.4, 0.5) is 5.82 Å². The van der Waals surface area contributed by atoms with Gasteiger partial charge in [0.2, 0.25) is 6.79 Å². The summed E-state index contributed by atoms with van der Waals surface area (Å²) in [5.41, 5.74) is 9.34. The minimum atomic E-state index is 0.242. The summed E-state index contributed by atoms with van der Waals surface area (Å²) < 4.78 is 12.3. The number of anilines is 1. The third-order valence-electron chi connectivity index (χ3n) is 4.15. The first kappa shape index (κ1) is 16.1. The second-order valence-corrected chi connectivity index (χ2v) is 7.11. The van der Waals surface area contributed by atoms with Crippen molar-refractivity contribution in [3.8, 4) is 39.1 Å². The summed E-state index contributed by atoms with van der Waals surface area (Å²) in [5.74, 6) is 1.88. The zero-order valence-electron chi connectivity index (χ0n) is 13.8. The van der Waals surface area contributed by atoms with Crippen molar-refractivity contribution < 1.29 is 9.47 Å². The summed E-state index contributed by atoms with van der Waals surface area (Å²) in [6, 6.07) is 12.9. The lowest BCUT2D eigenvalue weighted by Gasteiger charge is -2.02. The number of fused-ring (bicyclic) bond motifs is 1. The molecule has 7 nitrogen and oxygen atoms in total. The molecule has 9 heteroatoms. The fourth-order valence-corrected chi connectivity index (χ4v) is 3.73. The molecule has 0 spiro atoms. The first-order chi connectivity index (χ1) is 13.2. The summed E-state index contributed by atoms with van der Waals surface area (Å²) in [4.78, 5) is 4.66. The maximum Gasteiger partial charge on any atom is 0.231 e. The molecule has 4 aromatic rings. The second-order valence-electron chi connectivity index (χ2n) is 5.82. The van der Waals surface area contributed by atoms with Crippen LogP contribution in [0.5, 0.6) is 11.5 Å². The number of nitrogens with zero attached hydrogens (tertiary/aromatic N) is 4. The first-order valence-corrected chi connectivity index (χ1v) is 9.28. The average molecular weight is 398 g/mol. The minimum Gasteiger partial charge on any atom is -0.454 e. The van der Waals surface area contributed by atoms with Gasteiger partial charge < -0.3 is 15.2 Å². The Hall–Kier alpha value is -3.10. The van der Waals surface area contributed by atoms with E-state index in [1.54, 1.807) is 16.8 Å². The largest absolute Gasteiger partial charge is 0.454 e. The average Bonchev–Trinajstić information content (AvgIpc) is 3.41. The Morgan fingerprint density at radius 1 is 1.07 bits per heavy atom.